The lowest BCUT2D eigenvalue weighted by molar-refractivity contribution is -0.126. The molecule has 0 aliphatic carbocycles. The van der Waals surface area contributed by atoms with Crippen LogP contribution in [-0.4, -0.2) is 48.6 Å². The van der Waals surface area contributed by atoms with E-state index in [9.17, 15) is 19.5 Å². The lowest BCUT2D eigenvalue weighted by Gasteiger charge is -2.17. The lowest BCUT2D eigenvalue weighted by atomic mass is 10.1. The Labute approximate surface area is 201 Å². The third-order valence-electron chi connectivity index (χ3n) is 5.35. The first kappa shape index (κ1) is 24.7. The molecule has 3 N–H and O–H groups in total. The van der Waals surface area contributed by atoms with E-state index in [4.69, 9.17) is 4.74 Å². The molecule has 0 unspecified atom stereocenters. The summed E-state index contributed by atoms with van der Waals surface area (Å²) in [5.74, 6) is -0.611. The van der Waals surface area contributed by atoms with Crippen LogP contribution in [0.5, 0.6) is 5.75 Å². The van der Waals surface area contributed by atoms with Crippen molar-refractivity contribution in [1.29, 1.82) is 0 Å². The first-order chi connectivity index (χ1) is 15.6. The highest BCUT2D eigenvalue weighted by Crippen LogP contribution is 2.27. The van der Waals surface area contributed by atoms with Gasteiger partial charge in [0, 0.05) is 35.4 Å². The van der Waals surface area contributed by atoms with Crippen LogP contribution in [0, 0.1) is 19.8 Å². The molecule has 0 aromatic heterocycles. The van der Waals surface area contributed by atoms with Gasteiger partial charge in [0.2, 0.25) is 11.8 Å². The summed E-state index contributed by atoms with van der Waals surface area (Å²) in [5, 5.41) is 14.8. The van der Waals surface area contributed by atoms with Crippen molar-refractivity contribution in [3.05, 3.63) is 52.0 Å². The minimum Gasteiger partial charge on any atom is -0.484 e. The van der Waals surface area contributed by atoms with Crippen LogP contribution < -0.4 is 20.3 Å². The minimum absolute atomic E-state index is 0.124. The first-order valence-electron chi connectivity index (χ1n) is 10.7. The van der Waals surface area contributed by atoms with Crippen molar-refractivity contribution < 1.29 is 24.2 Å². The van der Waals surface area contributed by atoms with Crippen molar-refractivity contribution in [2.45, 2.75) is 33.3 Å². The minimum atomic E-state index is -0.639. The fourth-order valence-corrected chi connectivity index (χ4v) is 4.37. The maximum Gasteiger partial charge on any atom is 0.262 e. The smallest absolute Gasteiger partial charge is 0.262 e. The number of carbonyl (C=O) groups excluding carboxylic acids is 3. The molecule has 0 saturated carbocycles. The molecule has 1 aliphatic heterocycles. The third kappa shape index (κ3) is 6.55. The van der Waals surface area contributed by atoms with Gasteiger partial charge in [0.1, 0.15) is 5.75 Å². The quantitative estimate of drug-likeness (QED) is 0.498. The number of anilines is 2. The highest BCUT2D eigenvalue weighted by atomic mass is 79.9. The number of aliphatic hydroxyl groups excluding tert-OH is 1. The summed E-state index contributed by atoms with van der Waals surface area (Å²) in [5.41, 5.74) is 3.32. The zero-order valence-corrected chi connectivity index (χ0v) is 20.4. The van der Waals surface area contributed by atoms with E-state index in [-0.39, 0.29) is 43.8 Å². The fourth-order valence-electron chi connectivity index (χ4n) is 3.68. The van der Waals surface area contributed by atoms with Gasteiger partial charge in [-0.15, -0.1) is 0 Å². The predicted octanol–water partition coefficient (Wildman–Crippen LogP) is 2.93. The van der Waals surface area contributed by atoms with Crippen LogP contribution in [0.15, 0.2) is 40.9 Å². The van der Waals surface area contributed by atoms with Crippen molar-refractivity contribution >= 4 is 45.0 Å². The number of benzene rings is 2. The Morgan fingerprint density at radius 2 is 1.85 bits per heavy atom. The van der Waals surface area contributed by atoms with E-state index in [1.807, 2.05) is 26.0 Å². The van der Waals surface area contributed by atoms with E-state index >= 15 is 0 Å². The second-order valence-electron chi connectivity index (χ2n) is 8.24. The number of hydrogen-bond donors (Lipinski definition) is 3. The summed E-state index contributed by atoms with van der Waals surface area (Å²) in [6, 6.07) is 10.7. The van der Waals surface area contributed by atoms with Gasteiger partial charge in [0.25, 0.3) is 5.91 Å². The zero-order chi connectivity index (χ0) is 24.1. The molecule has 1 fully saturated rings. The molecular formula is C24H28BrN3O5. The van der Waals surface area contributed by atoms with Gasteiger partial charge < -0.3 is 25.4 Å². The molecule has 33 heavy (non-hydrogen) atoms. The van der Waals surface area contributed by atoms with Gasteiger partial charge in [-0.05, 0) is 68.3 Å². The number of amides is 3. The molecule has 1 heterocycles. The van der Waals surface area contributed by atoms with Gasteiger partial charge in [-0.3, -0.25) is 14.4 Å². The molecule has 3 amide bonds. The van der Waals surface area contributed by atoms with Crippen LogP contribution in [0.4, 0.5) is 11.4 Å². The molecule has 0 spiro atoms. The normalized spacial score (nSPS) is 16.5. The second kappa shape index (κ2) is 10.8. The number of aliphatic hydroxyl groups is 1. The molecule has 1 aliphatic rings. The Bertz CT molecular complexity index is 1020. The molecule has 0 radical (unpaired) electrons. The van der Waals surface area contributed by atoms with Crippen molar-refractivity contribution in [2.75, 3.05) is 29.9 Å². The van der Waals surface area contributed by atoms with Gasteiger partial charge in [0.15, 0.2) is 6.61 Å². The molecule has 1 saturated heterocycles. The molecule has 8 nitrogen and oxygen atoms in total. The third-order valence-corrected chi connectivity index (χ3v) is 5.81. The first-order valence-corrected chi connectivity index (χ1v) is 11.5. The lowest BCUT2D eigenvalue weighted by Crippen LogP contribution is -2.36. The maximum atomic E-state index is 12.4. The van der Waals surface area contributed by atoms with Crippen molar-refractivity contribution in [3.63, 3.8) is 0 Å². The monoisotopic (exact) mass is 517 g/mol. The molecular weight excluding hydrogens is 490 g/mol. The highest BCUT2D eigenvalue weighted by molar-refractivity contribution is 9.10. The zero-order valence-electron chi connectivity index (χ0n) is 18.9. The molecule has 2 aromatic rings. The van der Waals surface area contributed by atoms with Crippen LogP contribution in [-0.2, 0) is 14.4 Å². The Hall–Kier alpha value is -2.91. The summed E-state index contributed by atoms with van der Waals surface area (Å²) in [4.78, 5) is 38.5. The van der Waals surface area contributed by atoms with E-state index < -0.39 is 12.0 Å². The number of aryl methyl sites for hydroxylation is 2. The molecule has 176 valence electrons. The van der Waals surface area contributed by atoms with Crippen LogP contribution >= 0.6 is 15.9 Å². The Balaban J connectivity index is 1.54. The van der Waals surface area contributed by atoms with Gasteiger partial charge >= 0.3 is 0 Å². The molecule has 0 bridgehead atoms. The Morgan fingerprint density at radius 1 is 1.21 bits per heavy atom. The highest BCUT2D eigenvalue weighted by Gasteiger charge is 2.35. The maximum absolute atomic E-state index is 12.4. The summed E-state index contributed by atoms with van der Waals surface area (Å²) >= 11 is 3.44. The summed E-state index contributed by atoms with van der Waals surface area (Å²) in [7, 11) is 0. The van der Waals surface area contributed by atoms with Gasteiger partial charge in [0.05, 0.1) is 12.0 Å². The molecule has 2 aromatic carbocycles. The van der Waals surface area contributed by atoms with Crippen molar-refractivity contribution in [3.8, 4) is 5.75 Å². The van der Waals surface area contributed by atoms with Crippen LogP contribution in [0.2, 0.25) is 0 Å². The van der Waals surface area contributed by atoms with E-state index in [0.717, 1.165) is 21.3 Å². The summed E-state index contributed by atoms with van der Waals surface area (Å²) in [6.45, 7) is 5.72. The second-order valence-corrected chi connectivity index (χ2v) is 9.16. The summed E-state index contributed by atoms with van der Waals surface area (Å²) < 4.78 is 6.54. The average molecular weight is 518 g/mol. The van der Waals surface area contributed by atoms with Crippen molar-refractivity contribution in [2.24, 2.45) is 5.92 Å². The van der Waals surface area contributed by atoms with Gasteiger partial charge in [-0.1, -0.05) is 15.9 Å². The summed E-state index contributed by atoms with van der Waals surface area (Å²) in [6.07, 6.45) is -0.515. The predicted molar refractivity (Wildman–Crippen MR) is 129 cm³/mol. The number of nitrogens with zero attached hydrogens (tertiary/aromatic N) is 1. The van der Waals surface area contributed by atoms with E-state index in [0.29, 0.717) is 11.4 Å². The number of halogens is 1. The van der Waals surface area contributed by atoms with E-state index in [2.05, 4.69) is 26.6 Å². The fraction of sp³-hybridized carbons (Fsp3) is 0.375. The largest absolute Gasteiger partial charge is 0.484 e. The topological polar surface area (TPSA) is 108 Å². The van der Waals surface area contributed by atoms with Crippen LogP contribution in [0.3, 0.4) is 0 Å². The number of nitrogens with one attached hydrogen (secondary N) is 2. The standard InChI is InChI=1S/C24H28BrN3O5/c1-14-8-18(25)9-15(2)23(14)27-21(30)13-33-20-6-4-19(5-7-20)28-12-17(10-22(28)31)24(32)26-11-16(3)29/h4-9,16-17,29H,10-13H2,1-3H3,(H,26,32)(H,27,30)/t16-,17-/m1/s1. The van der Waals surface area contributed by atoms with Crippen molar-refractivity contribution in [1.82, 2.24) is 5.32 Å². The van der Waals surface area contributed by atoms with Crippen LogP contribution in [0.25, 0.3) is 0 Å². The number of ether oxygens (including phenoxy) is 1. The SMILES string of the molecule is Cc1cc(Br)cc(C)c1NC(=O)COc1ccc(N2C[C@H](C(=O)NC[C@@H](C)O)CC2=O)cc1. The average Bonchev–Trinajstić information content (AvgIpc) is 3.15. The van der Waals surface area contributed by atoms with Crippen LogP contribution in [0.1, 0.15) is 24.5 Å². The number of rotatable bonds is 8. The van der Waals surface area contributed by atoms with Gasteiger partial charge in [-0.25, -0.2) is 0 Å². The van der Waals surface area contributed by atoms with Gasteiger partial charge in [-0.2, -0.15) is 0 Å². The Morgan fingerprint density at radius 3 is 2.45 bits per heavy atom. The molecule has 3 rings (SSSR count). The molecule has 9 heteroatoms. The van der Waals surface area contributed by atoms with E-state index in [1.165, 1.54) is 0 Å². The molecule has 2 atom stereocenters. The number of carbonyl (C=O) groups is 3. The Kier molecular flexibility index (Phi) is 8.10. The van der Waals surface area contributed by atoms with E-state index in [1.54, 1.807) is 36.1 Å². The number of hydrogen-bond acceptors (Lipinski definition) is 5.